The van der Waals surface area contributed by atoms with Gasteiger partial charge in [0, 0.05) is 6.54 Å². The van der Waals surface area contributed by atoms with Crippen molar-refractivity contribution in [3.8, 4) is 0 Å². The van der Waals surface area contributed by atoms with Crippen molar-refractivity contribution < 1.29 is 4.79 Å². The Morgan fingerprint density at radius 2 is 2.00 bits per heavy atom. The number of para-hydroxylation sites is 2. The van der Waals surface area contributed by atoms with Gasteiger partial charge in [-0.15, -0.1) is 5.10 Å². The van der Waals surface area contributed by atoms with Gasteiger partial charge in [0.1, 0.15) is 0 Å². The third kappa shape index (κ3) is 3.17. The summed E-state index contributed by atoms with van der Waals surface area (Å²) in [4.78, 5) is 17.0. The smallest absolute Gasteiger partial charge is 0.233 e. The lowest BCUT2D eigenvalue weighted by Crippen LogP contribution is -2.30. The average molecular weight is 365 g/mol. The topological polar surface area (TPSA) is 75.1 Å². The molecule has 1 atom stereocenters. The van der Waals surface area contributed by atoms with Crippen LogP contribution in [0.3, 0.4) is 0 Å². The fourth-order valence-electron chi connectivity index (χ4n) is 2.77. The predicted molar refractivity (Wildman–Crippen MR) is 103 cm³/mol. The zero-order valence-corrected chi connectivity index (χ0v) is 15.4. The van der Waals surface area contributed by atoms with Crippen molar-refractivity contribution in [2.75, 3.05) is 0 Å². The molecule has 4 rings (SSSR count). The van der Waals surface area contributed by atoms with Crippen molar-refractivity contribution in [1.29, 1.82) is 0 Å². The number of fused-ring (bicyclic) bond motifs is 3. The van der Waals surface area contributed by atoms with E-state index in [1.165, 1.54) is 17.3 Å². The van der Waals surface area contributed by atoms with Gasteiger partial charge >= 0.3 is 0 Å². The molecule has 0 spiro atoms. The summed E-state index contributed by atoms with van der Waals surface area (Å²) in [7, 11) is 0. The highest BCUT2D eigenvalue weighted by Crippen LogP contribution is 2.26. The second-order valence-electron chi connectivity index (χ2n) is 6.23. The molecule has 4 aromatic rings. The van der Waals surface area contributed by atoms with Crippen molar-refractivity contribution in [3.05, 3.63) is 59.7 Å². The summed E-state index contributed by atoms with van der Waals surface area (Å²) in [5, 5.41) is 10.7. The lowest BCUT2D eigenvalue weighted by atomic mass is 10.1. The van der Waals surface area contributed by atoms with Gasteiger partial charge in [-0.3, -0.25) is 9.20 Å². The minimum Gasteiger partial charge on any atom is -0.351 e. The van der Waals surface area contributed by atoms with Crippen LogP contribution in [-0.4, -0.2) is 30.7 Å². The highest BCUT2D eigenvalue weighted by Gasteiger charge is 2.19. The number of hydrogen-bond donors (Lipinski definition) is 2. The molecule has 0 aliphatic rings. The molecular formula is C19H19N5OS. The fourth-order valence-corrected chi connectivity index (χ4v) is 3.67. The number of H-pyrrole nitrogens is 1. The summed E-state index contributed by atoms with van der Waals surface area (Å²) < 4.78 is 1.95. The molecule has 0 bridgehead atoms. The predicted octanol–water partition coefficient (Wildman–Crippen LogP) is 3.32. The zero-order valence-electron chi connectivity index (χ0n) is 14.6. The molecule has 0 saturated carbocycles. The van der Waals surface area contributed by atoms with Gasteiger partial charge in [0.15, 0.2) is 5.16 Å². The molecule has 1 amide bonds. The first-order chi connectivity index (χ1) is 12.6. The number of nitrogens with zero attached hydrogens (tertiary/aromatic N) is 3. The summed E-state index contributed by atoms with van der Waals surface area (Å²) in [5.41, 5.74) is 4.17. The van der Waals surface area contributed by atoms with Crippen LogP contribution < -0.4 is 5.32 Å². The first kappa shape index (κ1) is 16.7. The van der Waals surface area contributed by atoms with Gasteiger partial charge in [0.05, 0.1) is 16.3 Å². The molecule has 0 fully saturated rings. The van der Waals surface area contributed by atoms with Crippen molar-refractivity contribution in [2.45, 2.75) is 30.8 Å². The van der Waals surface area contributed by atoms with Crippen LogP contribution in [0.15, 0.2) is 53.7 Å². The van der Waals surface area contributed by atoms with Crippen LogP contribution in [0, 0.1) is 6.92 Å². The number of hydrogen-bond acceptors (Lipinski definition) is 4. The summed E-state index contributed by atoms with van der Waals surface area (Å²) >= 11 is 1.41. The number of nitrogens with one attached hydrogen (secondary N) is 2. The van der Waals surface area contributed by atoms with Gasteiger partial charge in [0.25, 0.3) is 0 Å². The average Bonchev–Trinajstić information content (AvgIpc) is 3.20. The quantitative estimate of drug-likeness (QED) is 0.532. The summed E-state index contributed by atoms with van der Waals surface area (Å²) in [5.74, 6) is 0.664. The first-order valence-corrected chi connectivity index (χ1v) is 9.31. The number of imidazole rings is 1. The van der Waals surface area contributed by atoms with E-state index in [1.807, 2.05) is 66.8 Å². The molecule has 26 heavy (non-hydrogen) atoms. The molecule has 0 aliphatic heterocycles. The number of thioether (sulfide) groups is 1. The van der Waals surface area contributed by atoms with Crippen molar-refractivity contribution in [2.24, 2.45) is 0 Å². The number of rotatable bonds is 5. The Morgan fingerprint density at radius 3 is 2.81 bits per heavy atom. The minimum absolute atomic E-state index is 0.0175. The maximum absolute atomic E-state index is 12.5. The molecule has 2 N–H and O–H groups in total. The van der Waals surface area contributed by atoms with Crippen LogP contribution in [0.1, 0.15) is 18.1 Å². The van der Waals surface area contributed by atoms with Crippen molar-refractivity contribution in [1.82, 2.24) is 24.9 Å². The molecule has 6 nitrogen and oxygen atoms in total. The Labute approximate surface area is 155 Å². The van der Waals surface area contributed by atoms with Gasteiger partial charge in [-0.05, 0) is 31.5 Å². The zero-order chi connectivity index (χ0) is 18.1. The van der Waals surface area contributed by atoms with E-state index in [2.05, 4.69) is 20.5 Å². The third-order valence-electron chi connectivity index (χ3n) is 4.24. The van der Waals surface area contributed by atoms with Gasteiger partial charge < -0.3 is 5.32 Å². The summed E-state index contributed by atoms with van der Waals surface area (Å²) in [6, 6.07) is 16.0. The Morgan fingerprint density at radius 1 is 1.23 bits per heavy atom. The third-order valence-corrected chi connectivity index (χ3v) is 5.29. The van der Waals surface area contributed by atoms with E-state index < -0.39 is 0 Å². The van der Waals surface area contributed by atoms with Gasteiger partial charge in [-0.2, -0.15) is 0 Å². The lowest BCUT2D eigenvalue weighted by molar-refractivity contribution is -0.120. The molecule has 0 aliphatic carbocycles. The molecule has 132 valence electrons. The van der Waals surface area contributed by atoms with E-state index in [0.717, 1.165) is 21.8 Å². The number of benzene rings is 2. The highest BCUT2D eigenvalue weighted by molar-refractivity contribution is 8.00. The van der Waals surface area contributed by atoms with Gasteiger partial charge in [-0.1, -0.05) is 53.7 Å². The van der Waals surface area contributed by atoms with Crippen LogP contribution in [-0.2, 0) is 11.3 Å². The van der Waals surface area contributed by atoms with E-state index >= 15 is 0 Å². The maximum atomic E-state index is 12.5. The van der Waals surface area contributed by atoms with Crippen LogP contribution in [0.25, 0.3) is 16.8 Å². The second kappa shape index (κ2) is 6.84. The molecule has 2 heterocycles. The normalized spacial score (nSPS) is 12.5. The molecule has 7 heteroatoms. The Balaban J connectivity index is 1.47. The van der Waals surface area contributed by atoms with Crippen LogP contribution in [0.4, 0.5) is 0 Å². The highest BCUT2D eigenvalue weighted by atomic mass is 32.2. The van der Waals surface area contributed by atoms with E-state index in [0.29, 0.717) is 12.3 Å². The summed E-state index contributed by atoms with van der Waals surface area (Å²) in [6.45, 7) is 4.45. The maximum Gasteiger partial charge on any atom is 0.233 e. The monoisotopic (exact) mass is 365 g/mol. The van der Waals surface area contributed by atoms with E-state index in [9.17, 15) is 4.79 Å². The van der Waals surface area contributed by atoms with Crippen molar-refractivity contribution >= 4 is 34.5 Å². The number of aromatic nitrogens is 4. The Hall–Kier alpha value is -2.80. The van der Waals surface area contributed by atoms with E-state index in [1.54, 1.807) is 0 Å². The first-order valence-electron chi connectivity index (χ1n) is 8.43. The van der Waals surface area contributed by atoms with Crippen LogP contribution in [0.5, 0.6) is 0 Å². The molecule has 0 radical (unpaired) electrons. The SMILES string of the molecule is Cc1ccc(CNC(=O)C(C)Sc2n[nH]c3nc4ccccc4n23)cc1. The number of carbonyl (C=O) groups excluding carboxylic acids is 1. The number of carbonyl (C=O) groups is 1. The summed E-state index contributed by atoms with van der Waals surface area (Å²) in [6.07, 6.45) is 0. The number of aryl methyl sites for hydroxylation is 1. The van der Waals surface area contributed by atoms with Gasteiger partial charge in [0.2, 0.25) is 11.7 Å². The second-order valence-corrected chi connectivity index (χ2v) is 7.54. The lowest BCUT2D eigenvalue weighted by Gasteiger charge is -2.11. The van der Waals surface area contributed by atoms with Gasteiger partial charge in [-0.25, -0.2) is 10.1 Å². The minimum atomic E-state index is -0.270. The Bertz CT molecular complexity index is 1070. The Kier molecular flexibility index (Phi) is 4.38. The molecule has 0 saturated heterocycles. The molecule has 2 aromatic carbocycles. The molecule has 2 aromatic heterocycles. The van der Waals surface area contributed by atoms with E-state index in [4.69, 9.17) is 0 Å². The number of aromatic amines is 1. The molecular weight excluding hydrogens is 346 g/mol. The fraction of sp³-hybridized carbons (Fsp3) is 0.211. The standard InChI is InChI=1S/C19H19N5OS/c1-12-7-9-14(10-8-12)11-20-17(25)13(2)26-19-23-22-18-21-15-5-3-4-6-16(15)24(18)19/h3-10,13H,11H2,1-2H3,(H,20,25)(H,21,22). The van der Waals surface area contributed by atoms with Crippen LogP contribution in [0.2, 0.25) is 0 Å². The largest absolute Gasteiger partial charge is 0.351 e. The van der Waals surface area contributed by atoms with Crippen LogP contribution >= 0.6 is 11.8 Å². The number of amides is 1. The molecule has 1 unspecified atom stereocenters. The van der Waals surface area contributed by atoms with E-state index in [-0.39, 0.29) is 11.2 Å². The van der Waals surface area contributed by atoms with Crippen molar-refractivity contribution in [3.63, 3.8) is 0 Å².